The van der Waals surface area contributed by atoms with Gasteiger partial charge in [0.25, 0.3) is 0 Å². The van der Waals surface area contributed by atoms with Crippen molar-refractivity contribution in [2.24, 2.45) is 0 Å². The van der Waals surface area contributed by atoms with E-state index >= 15 is 0 Å². The molecular formula is C15H15ClFN. The van der Waals surface area contributed by atoms with E-state index in [0.717, 1.165) is 24.2 Å². The van der Waals surface area contributed by atoms with Crippen molar-refractivity contribution in [3.8, 4) is 11.1 Å². The van der Waals surface area contributed by atoms with Gasteiger partial charge in [0.15, 0.2) is 0 Å². The molecule has 0 atom stereocenters. The Hall–Kier alpha value is -1.38. The summed E-state index contributed by atoms with van der Waals surface area (Å²) in [5.74, 6) is -0.385. The molecule has 0 unspecified atom stereocenters. The highest BCUT2D eigenvalue weighted by Gasteiger charge is 2.03. The standard InChI is InChI=1S/C15H15ClFN/c1-2-18-10-11-4-3-5-12(8-11)13-6-7-15(17)14(16)9-13/h3-9,18H,2,10H2,1H3. The first-order valence-electron chi connectivity index (χ1n) is 5.96. The van der Waals surface area contributed by atoms with Crippen LogP contribution in [0.3, 0.4) is 0 Å². The van der Waals surface area contributed by atoms with Crippen LogP contribution in [0.25, 0.3) is 11.1 Å². The van der Waals surface area contributed by atoms with Crippen molar-refractivity contribution in [1.29, 1.82) is 0 Å². The molecule has 0 aromatic heterocycles. The van der Waals surface area contributed by atoms with Gasteiger partial charge in [0, 0.05) is 6.54 Å². The van der Waals surface area contributed by atoms with Crippen LogP contribution >= 0.6 is 11.6 Å². The van der Waals surface area contributed by atoms with Crippen LogP contribution < -0.4 is 5.32 Å². The summed E-state index contributed by atoms with van der Waals surface area (Å²) in [7, 11) is 0. The molecule has 1 N–H and O–H groups in total. The smallest absolute Gasteiger partial charge is 0.141 e. The minimum atomic E-state index is -0.385. The molecule has 2 aromatic carbocycles. The summed E-state index contributed by atoms with van der Waals surface area (Å²) in [6.45, 7) is 3.84. The SMILES string of the molecule is CCNCc1cccc(-c2ccc(F)c(Cl)c2)c1. The number of rotatable bonds is 4. The van der Waals surface area contributed by atoms with Crippen molar-refractivity contribution in [3.63, 3.8) is 0 Å². The first-order valence-corrected chi connectivity index (χ1v) is 6.33. The van der Waals surface area contributed by atoms with Crippen molar-refractivity contribution in [3.05, 3.63) is 58.9 Å². The monoisotopic (exact) mass is 263 g/mol. The molecule has 0 radical (unpaired) electrons. The lowest BCUT2D eigenvalue weighted by atomic mass is 10.0. The molecule has 0 bridgehead atoms. The maximum atomic E-state index is 13.1. The molecule has 2 rings (SSSR count). The Labute approximate surface area is 112 Å². The molecule has 0 aliphatic carbocycles. The van der Waals surface area contributed by atoms with E-state index in [4.69, 9.17) is 11.6 Å². The first kappa shape index (κ1) is 13.1. The summed E-state index contributed by atoms with van der Waals surface area (Å²) < 4.78 is 13.1. The topological polar surface area (TPSA) is 12.0 Å². The average molecular weight is 264 g/mol. The summed E-state index contributed by atoms with van der Waals surface area (Å²) in [6.07, 6.45) is 0. The Morgan fingerprint density at radius 1 is 1.11 bits per heavy atom. The van der Waals surface area contributed by atoms with Crippen molar-refractivity contribution >= 4 is 11.6 Å². The molecule has 0 saturated carbocycles. The number of hydrogen-bond acceptors (Lipinski definition) is 1. The zero-order chi connectivity index (χ0) is 13.0. The third kappa shape index (κ3) is 3.09. The molecule has 2 aromatic rings. The molecule has 0 aliphatic heterocycles. The first-order chi connectivity index (χ1) is 8.70. The van der Waals surface area contributed by atoms with Crippen LogP contribution in [0.1, 0.15) is 12.5 Å². The van der Waals surface area contributed by atoms with E-state index in [1.807, 2.05) is 12.1 Å². The Morgan fingerprint density at radius 3 is 2.61 bits per heavy atom. The van der Waals surface area contributed by atoms with Gasteiger partial charge in [-0.05, 0) is 41.4 Å². The van der Waals surface area contributed by atoms with Gasteiger partial charge in [-0.15, -0.1) is 0 Å². The van der Waals surface area contributed by atoms with Gasteiger partial charge in [-0.1, -0.05) is 42.8 Å². The Kier molecular flexibility index (Phi) is 4.34. The van der Waals surface area contributed by atoms with Gasteiger partial charge >= 0.3 is 0 Å². The van der Waals surface area contributed by atoms with Gasteiger partial charge in [-0.25, -0.2) is 4.39 Å². The Morgan fingerprint density at radius 2 is 1.89 bits per heavy atom. The quantitative estimate of drug-likeness (QED) is 0.869. The van der Waals surface area contributed by atoms with E-state index in [1.54, 1.807) is 12.1 Å². The van der Waals surface area contributed by atoms with E-state index in [9.17, 15) is 4.39 Å². The molecule has 0 saturated heterocycles. The summed E-state index contributed by atoms with van der Waals surface area (Å²) in [4.78, 5) is 0. The van der Waals surface area contributed by atoms with Crippen LogP contribution in [0.2, 0.25) is 5.02 Å². The predicted octanol–water partition coefficient (Wildman–Crippen LogP) is 4.26. The zero-order valence-corrected chi connectivity index (χ0v) is 11.0. The predicted molar refractivity (Wildman–Crippen MR) is 74.2 cm³/mol. The van der Waals surface area contributed by atoms with Gasteiger partial charge in [0.05, 0.1) is 5.02 Å². The Bertz CT molecular complexity index is 540. The number of hydrogen-bond donors (Lipinski definition) is 1. The fourth-order valence-corrected chi connectivity index (χ4v) is 1.99. The van der Waals surface area contributed by atoms with Crippen LogP contribution in [0.4, 0.5) is 4.39 Å². The molecule has 3 heteroatoms. The van der Waals surface area contributed by atoms with Crippen molar-refractivity contribution < 1.29 is 4.39 Å². The normalized spacial score (nSPS) is 10.6. The minimum absolute atomic E-state index is 0.157. The zero-order valence-electron chi connectivity index (χ0n) is 10.2. The van der Waals surface area contributed by atoms with Gasteiger partial charge in [-0.2, -0.15) is 0 Å². The summed E-state index contributed by atoms with van der Waals surface area (Å²) in [5, 5.41) is 3.43. The van der Waals surface area contributed by atoms with E-state index in [2.05, 4.69) is 24.4 Å². The average Bonchev–Trinajstić information content (AvgIpc) is 2.40. The third-order valence-corrected chi connectivity index (χ3v) is 3.05. The summed E-state index contributed by atoms with van der Waals surface area (Å²) in [5.41, 5.74) is 3.18. The molecule has 0 fully saturated rings. The van der Waals surface area contributed by atoms with Crippen molar-refractivity contribution in [2.75, 3.05) is 6.54 Å². The lowest BCUT2D eigenvalue weighted by Gasteiger charge is -2.07. The van der Waals surface area contributed by atoms with Crippen LogP contribution in [0, 0.1) is 5.82 Å². The van der Waals surface area contributed by atoms with Gasteiger partial charge in [-0.3, -0.25) is 0 Å². The highest BCUT2D eigenvalue weighted by molar-refractivity contribution is 6.31. The number of halogens is 2. The molecule has 0 aliphatic rings. The van der Waals surface area contributed by atoms with Crippen LogP contribution in [-0.4, -0.2) is 6.54 Å². The molecule has 0 amide bonds. The second kappa shape index (κ2) is 5.98. The molecule has 0 spiro atoms. The largest absolute Gasteiger partial charge is 0.313 e. The Balaban J connectivity index is 2.29. The number of benzene rings is 2. The van der Waals surface area contributed by atoms with E-state index in [-0.39, 0.29) is 10.8 Å². The lowest BCUT2D eigenvalue weighted by Crippen LogP contribution is -2.11. The summed E-state index contributed by atoms with van der Waals surface area (Å²) in [6, 6.07) is 13.0. The lowest BCUT2D eigenvalue weighted by molar-refractivity contribution is 0.628. The van der Waals surface area contributed by atoms with Crippen molar-refractivity contribution in [2.45, 2.75) is 13.5 Å². The van der Waals surface area contributed by atoms with Gasteiger partial charge < -0.3 is 5.32 Å². The maximum Gasteiger partial charge on any atom is 0.141 e. The van der Waals surface area contributed by atoms with Crippen LogP contribution in [0.5, 0.6) is 0 Å². The van der Waals surface area contributed by atoms with E-state index in [0.29, 0.717) is 0 Å². The second-order valence-electron chi connectivity index (χ2n) is 4.11. The van der Waals surface area contributed by atoms with Crippen LogP contribution in [0.15, 0.2) is 42.5 Å². The number of nitrogens with one attached hydrogen (secondary N) is 1. The van der Waals surface area contributed by atoms with E-state index < -0.39 is 0 Å². The van der Waals surface area contributed by atoms with Crippen molar-refractivity contribution in [1.82, 2.24) is 5.32 Å². The van der Waals surface area contributed by atoms with Gasteiger partial charge in [0.1, 0.15) is 5.82 Å². The second-order valence-corrected chi connectivity index (χ2v) is 4.52. The molecule has 0 heterocycles. The maximum absolute atomic E-state index is 13.1. The molecule has 18 heavy (non-hydrogen) atoms. The molecule has 1 nitrogen and oxygen atoms in total. The fraction of sp³-hybridized carbons (Fsp3) is 0.200. The fourth-order valence-electron chi connectivity index (χ4n) is 1.81. The molecule has 94 valence electrons. The highest BCUT2D eigenvalue weighted by atomic mass is 35.5. The highest BCUT2D eigenvalue weighted by Crippen LogP contribution is 2.25. The van der Waals surface area contributed by atoms with E-state index in [1.165, 1.54) is 11.6 Å². The third-order valence-electron chi connectivity index (χ3n) is 2.76. The summed E-state index contributed by atoms with van der Waals surface area (Å²) >= 11 is 5.80. The van der Waals surface area contributed by atoms with Gasteiger partial charge in [0.2, 0.25) is 0 Å². The minimum Gasteiger partial charge on any atom is -0.313 e. The van der Waals surface area contributed by atoms with Crippen LogP contribution in [-0.2, 0) is 6.54 Å². The molecular weight excluding hydrogens is 249 g/mol.